The number of ether oxygens (including phenoxy) is 2. The van der Waals surface area contributed by atoms with Crippen LogP contribution in [0.3, 0.4) is 0 Å². The van der Waals surface area contributed by atoms with Crippen LogP contribution in [0.5, 0.6) is 11.5 Å². The summed E-state index contributed by atoms with van der Waals surface area (Å²) in [5.41, 5.74) is 6.90. The molecule has 0 aliphatic carbocycles. The molecule has 3 N–H and O–H groups in total. The van der Waals surface area contributed by atoms with Crippen molar-refractivity contribution >= 4 is 17.3 Å². The van der Waals surface area contributed by atoms with Crippen LogP contribution in [0.4, 0.5) is 11.4 Å². The highest BCUT2D eigenvalue weighted by molar-refractivity contribution is 5.92. The van der Waals surface area contributed by atoms with E-state index in [1.165, 1.54) is 0 Å². The van der Waals surface area contributed by atoms with E-state index >= 15 is 0 Å². The molecule has 0 saturated heterocycles. The Morgan fingerprint density at radius 1 is 1.09 bits per heavy atom. The predicted octanol–water partition coefficient (Wildman–Crippen LogP) is 3.08. The van der Waals surface area contributed by atoms with Crippen molar-refractivity contribution in [3.8, 4) is 11.5 Å². The zero-order chi connectivity index (χ0) is 15.8. The molecule has 22 heavy (non-hydrogen) atoms. The van der Waals surface area contributed by atoms with Crippen molar-refractivity contribution in [2.45, 2.75) is 13.3 Å². The first kappa shape index (κ1) is 15.7. The molecule has 116 valence electrons. The third kappa shape index (κ3) is 4.70. The van der Waals surface area contributed by atoms with Gasteiger partial charge in [-0.15, -0.1) is 0 Å². The summed E-state index contributed by atoms with van der Waals surface area (Å²) >= 11 is 0. The summed E-state index contributed by atoms with van der Waals surface area (Å²) in [7, 11) is 0. The molecule has 0 aromatic heterocycles. The molecule has 2 aromatic rings. The van der Waals surface area contributed by atoms with Gasteiger partial charge in [-0.2, -0.15) is 0 Å². The molecule has 0 saturated carbocycles. The number of carbonyl (C=O) groups excluding carboxylic acids is 1. The van der Waals surface area contributed by atoms with Gasteiger partial charge in [0.05, 0.1) is 6.61 Å². The van der Waals surface area contributed by atoms with Crippen LogP contribution in [-0.4, -0.2) is 19.1 Å². The molecule has 0 aliphatic rings. The van der Waals surface area contributed by atoms with Crippen molar-refractivity contribution in [3.05, 3.63) is 48.5 Å². The Balaban J connectivity index is 1.91. The fourth-order valence-electron chi connectivity index (χ4n) is 1.86. The van der Waals surface area contributed by atoms with Crippen molar-refractivity contribution in [3.63, 3.8) is 0 Å². The van der Waals surface area contributed by atoms with E-state index in [0.717, 1.165) is 6.42 Å². The van der Waals surface area contributed by atoms with Gasteiger partial charge in [-0.25, -0.2) is 0 Å². The maximum absolute atomic E-state index is 11.9. The second-order valence-electron chi connectivity index (χ2n) is 4.76. The van der Waals surface area contributed by atoms with Gasteiger partial charge in [0.2, 0.25) is 0 Å². The van der Waals surface area contributed by atoms with E-state index in [1.54, 1.807) is 30.3 Å². The van der Waals surface area contributed by atoms with Crippen molar-refractivity contribution in [1.29, 1.82) is 0 Å². The Kier molecular flexibility index (Phi) is 5.65. The highest BCUT2D eigenvalue weighted by Crippen LogP contribution is 2.26. The number of anilines is 2. The number of rotatable bonds is 7. The number of carbonyl (C=O) groups is 1. The topological polar surface area (TPSA) is 73.6 Å². The zero-order valence-corrected chi connectivity index (χ0v) is 12.5. The molecular weight excluding hydrogens is 280 g/mol. The molecule has 2 aromatic carbocycles. The Labute approximate surface area is 130 Å². The summed E-state index contributed by atoms with van der Waals surface area (Å²) < 4.78 is 11.1. The minimum Gasteiger partial charge on any atom is -0.490 e. The summed E-state index contributed by atoms with van der Waals surface area (Å²) in [6.07, 6.45) is 0.907. The smallest absolute Gasteiger partial charge is 0.262 e. The van der Waals surface area contributed by atoms with Gasteiger partial charge in [0, 0.05) is 11.4 Å². The largest absolute Gasteiger partial charge is 0.490 e. The Bertz CT molecular complexity index is 629. The number of nitrogen functional groups attached to an aromatic ring is 1. The van der Waals surface area contributed by atoms with Crippen molar-refractivity contribution in [2.24, 2.45) is 0 Å². The molecule has 0 unspecified atom stereocenters. The van der Waals surface area contributed by atoms with Crippen molar-refractivity contribution in [2.75, 3.05) is 24.3 Å². The number of benzene rings is 2. The van der Waals surface area contributed by atoms with Crippen LogP contribution >= 0.6 is 0 Å². The van der Waals surface area contributed by atoms with Crippen LogP contribution in [0.1, 0.15) is 13.3 Å². The van der Waals surface area contributed by atoms with Crippen LogP contribution in [0.25, 0.3) is 0 Å². The molecule has 0 atom stereocenters. The van der Waals surface area contributed by atoms with E-state index in [2.05, 4.69) is 5.32 Å². The van der Waals surface area contributed by atoms with Gasteiger partial charge in [-0.05, 0) is 36.8 Å². The second kappa shape index (κ2) is 7.93. The van der Waals surface area contributed by atoms with E-state index in [-0.39, 0.29) is 12.5 Å². The van der Waals surface area contributed by atoms with E-state index in [9.17, 15) is 4.79 Å². The highest BCUT2D eigenvalue weighted by atomic mass is 16.5. The fourth-order valence-corrected chi connectivity index (χ4v) is 1.86. The molecular formula is C17H20N2O3. The standard InChI is InChI=1S/C17H20N2O3/c1-2-10-21-15-8-3-4-9-16(15)22-12-17(20)19-14-7-5-6-13(18)11-14/h3-9,11H,2,10,12,18H2,1H3,(H,19,20). The first-order valence-corrected chi connectivity index (χ1v) is 7.19. The van der Waals surface area contributed by atoms with Gasteiger partial charge in [0.1, 0.15) is 0 Å². The predicted molar refractivity (Wildman–Crippen MR) is 87.2 cm³/mol. The third-order valence-corrected chi connectivity index (χ3v) is 2.84. The summed E-state index contributed by atoms with van der Waals surface area (Å²) in [6.45, 7) is 2.54. The number of nitrogens with two attached hydrogens (primary N) is 1. The van der Waals surface area contributed by atoms with Gasteiger partial charge in [0.25, 0.3) is 5.91 Å². The average Bonchev–Trinajstić information content (AvgIpc) is 2.51. The maximum atomic E-state index is 11.9. The van der Waals surface area contributed by atoms with E-state index in [4.69, 9.17) is 15.2 Å². The van der Waals surface area contributed by atoms with Crippen LogP contribution in [0.2, 0.25) is 0 Å². The molecule has 1 amide bonds. The second-order valence-corrected chi connectivity index (χ2v) is 4.76. The van der Waals surface area contributed by atoms with Gasteiger partial charge in [0.15, 0.2) is 18.1 Å². The van der Waals surface area contributed by atoms with Gasteiger partial charge in [-0.1, -0.05) is 25.1 Å². The summed E-state index contributed by atoms with van der Waals surface area (Å²) in [5, 5.41) is 2.73. The number of nitrogens with one attached hydrogen (secondary N) is 1. The summed E-state index contributed by atoms with van der Waals surface area (Å²) in [4.78, 5) is 11.9. The average molecular weight is 300 g/mol. The van der Waals surface area contributed by atoms with Crippen molar-refractivity contribution in [1.82, 2.24) is 0 Å². The molecule has 0 fully saturated rings. The molecule has 5 nitrogen and oxygen atoms in total. The third-order valence-electron chi connectivity index (χ3n) is 2.84. The number of hydrogen-bond donors (Lipinski definition) is 2. The summed E-state index contributed by atoms with van der Waals surface area (Å²) in [5.74, 6) is 0.940. The highest BCUT2D eigenvalue weighted by Gasteiger charge is 2.08. The molecule has 2 rings (SSSR count). The van der Waals surface area contributed by atoms with Crippen LogP contribution in [0.15, 0.2) is 48.5 Å². The lowest BCUT2D eigenvalue weighted by Crippen LogP contribution is -2.20. The normalized spacial score (nSPS) is 10.0. The molecule has 0 aliphatic heterocycles. The van der Waals surface area contributed by atoms with Crippen molar-refractivity contribution < 1.29 is 14.3 Å². The molecule has 0 bridgehead atoms. The minimum absolute atomic E-state index is 0.0959. The lowest BCUT2D eigenvalue weighted by Gasteiger charge is -2.12. The van der Waals surface area contributed by atoms with E-state index < -0.39 is 0 Å². The van der Waals surface area contributed by atoms with Gasteiger partial charge >= 0.3 is 0 Å². The van der Waals surface area contributed by atoms with Gasteiger partial charge in [-0.3, -0.25) is 4.79 Å². The molecule has 0 radical (unpaired) electrons. The molecule has 0 spiro atoms. The Morgan fingerprint density at radius 2 is 1.82 bits per heavy atom. The van der Waals surface area contributed by atoms with E-state index in [0.29, 0.717) is 29.5 Å². The van der Waals surface area contributed by atoms with Crippen LogP contribution in [-0.2, 0) is 4.79 Å². The fraction of sp³-hybridized carbons (Fsp3) is 0.235. The number of para-hydroxylation sites is 2. The lowest BCUT2D eigenvalue weighted by molar-refractivity contribution is -0.118. The zero-order valence-electron chi connectivity index (χ0n) is 12.5. The Hall–Kier alpha value is -2.69. The van der Waals surface area contributed by atoms with E-state index in [1.807, 2.05) is 25.1 Å². The van der Waals surface area contributed by atoms with Crippen LogP contribution < -0.4 is 20.5 Å². The quantitative estimate of drug-likeness (QED) is 0.771. The SMILES string of the molecule is CCCOc1ccccc1OCC(=O)Nc1cccc(N)c1. The Morgan fingerprint density at radius 3 is 2.50 bits per heavy atom. The van der Waals surface area contributed by atoms with Gasteiger partial charge < -0.3 is 20.5 Å². The van der Waals surface area contributed by atoms with Crippen LogP contribution in [0, 0.1) is 0 Å². The monoisotopic (exact) mass is 300 g/mol. The first-order chi connectivity index (χ1) is 10.7. The number of amides is 1. The molecule has 5 heteroatoms. The lowest BCUT2D eigenvalue weighted by atomic mass is 10.3. The minimum atomic E-state index is -0.254. The summed E-state index contributed by atoms with van der Waals surface area (Å²) in [6, 6.07) is 14.3. The number of hydrogen-bond acceptors (Lipinski definition) is 4. The molecule has 0 heterocycles. The maximum Gasteiger partial charge on any atom is 0.262 e. The first-order valence-electron chi connectivity index (χ1n) is 7.19.